The molecule has 3 heterocycles. The van der Waals surface area contributed by atoms with Crippen molar-refractivity contribution in [2.75, 3.05) is 51.3 Å². The number of aromatic nitrogens is 2. The van der Waals surface area contributed by atoms with Crippen molar-refractivity contribution < 1.29 is 9.53 Å². The minimum Gasteiger partial charge on any atom is -0.497 e. The van der Waals surface area contributed by atoms with Crippen molar-refractivity contribution in [3.8, 4) is 11.4 Å². The molecule has 0 bridgehead atoms. The molecule has 2 aliphatic rings. The number of piperazine rings is 1. The van der Waals surface area contributed by atoms with Gasteiger partial charge in [-0.2, -0.15) is 0 Å². The zero-order chi connectivity index (χ0) is 26.8. The SMILES string of the molecule is COc1cccc(N2CCN(C(=O)[C@@H]3CCCN(Cc4nc5ccccc5n4-c4ccc(Br)cc4)C3)CC2)c1. The highest BCUT2D eigenvalue weighted by atomic mass is 79.9. The number of likely N-dealkylation sites (tertiary alicyclic amines) is 1. The molecule has 0 saturated carbocycles. The van der Waals surface area contributed by atoms with Gasteiger partial charge in [-0.15, -0.1) is 0 Å². The minimum absolute atomic E-state index is 0.0348. The number of halogens is 1. The maximum absolute atomic E-state index is 13.6. The maximum atomic E-state index is 13.6. The number of fused-ring (bicyclic) bond motifs is 1. The van der Waals surface area contributed by atoms with Gasteiger partial charge in [-0.25, -0.2) is 4.98 Å². The third kappa shape index (κ3) is 5.54. The first-order valence-electron chi connectivity index (χ1n) is 13.7. The highest BCUT2D eigenvalue weighted by molar-refractivity contribution is 9.10. The third-order valence-electron chi connectivity index (χ3n) is 7.94. The van der Waals surface area contributed by atoms with Gasteiger partial charge in [-0.1, -0.05) is 34.1 Å². The number of amides is 1. The number of methoxy groups -OCH3 is 1. The molecule has 2 fully saturated rings. The molecule has 1 aromatic heterocycles. The van der Waals surface area contributed by atoms with Crippen molar-refractivity contribution in [2.45, 2.75) is 19.4 Å². The van der Waals surface area contributed by atoms with Crippen LogP contribution in [0, 0.1) is 5.92 Å². The van der Waals surface area contributed by atoms with E-state index >= 15 is 0 Å². The van der Waals surface area contributed by atoms with Crippen molar-refractivity contribution in [1.82, 2.24) is 19.4 Å². The molecule has 0 aliphatic carbocycles. The number of hydrogen-bond donors (Lipinski definition) is 0. The van der Waals surface area contributed by atoms with Crippen LogP contribution >= 0.6 is 15.9 Å². The van der Waals surface area contributed by atoms with E-state index in [4.69, 9.17) is 9.72 Å². The molecule has 1 atom stereocenters. The van der Waals surface area contributed by atoms with Crippen molar-refractivity contribution in [1.29, 1.82) is 0 Å². The summed E-state index contributed by atoms with van der Waals surface area (Å²) in [5.41, 5.74) is 4.35. The maximum Gasteiger partial charge on any atom is 0.227 e. The van der Waals surface area contributed by atoms with E-state index in [0.29, 0.717) is 5.91 Å². The summed E-state index contributed by atoms with van der Waals surface area (Å²) in [7, 11) is 1.69. The lowest BCUT2D eigenvalue weighted by molar-refractivity contribution is -0.137. The van der Waals surface area contributed by atoms with Crippen LogP contribution in [0.2, 0.25) is 0 Å². The Kier molecular flexibility index (Phi) is 7.57. The zero-order valence-electron chi connectivity index (χ0n) is 22.3. The summed E-state index contributed by atoms with van der Waals surface area (Å²) in [6, 6.07) is 24.8. The summed E-state index contributed by atoms with van der Waals surface area (Å²) >= 11 is 3.55. The van der Waals surface area contributed by atoms with E-state index in [-0.39, 0.29) is 5.92 Å². The molecule has 8 heteroatoms. The predicted octanol–water partition coefficient (Wildman–Crippen LogP) is 5.36. The Morgan fingerprint density at radius 2 is 1.74 bits per heavy atom. The van der Waals surface area contributed by atoms with Gasteiger partial charge in [0, 0.05) is 54.6 Å². The Balaban J connectivity index is 1.13. The van der Waals surface area contributed by atoms with E-state index in [0.717, 1.165) is 97.1 Å². The number of imidazole rings is 1. The van der Waals surface area contributed by atoms with Crippen LogP contribution in [0.1, 0.15) is 18.7 Å². The summed E-state index contributed by atoms with van der Waals surface area (Å²) in [6.45, 7) is 5.67. The summed E-state index contributed by atoms with van der Waals surface area (Å²) in [6.07, 6.45) is 1.98. The molecular weight excluding hydrogens is 554 g/mol. The number of carbonyl (C=O) groups is 1. The summed E-state index contributed by atoms with van der Waals surface area (Å²) in [5, 5.41) is 0. The van der Waals surface area contributed by atoms with Gasteiger partial charge in [0.2, 0.25) is 5.91 Å². The highest BCUT2D eigenvalue weighted by Gasteiger charge is 2.32. The number of nitrogens with zero attached hydrogens (tertiary/aromatic N) is 5. The molecule has 4 aromatic rings. The number of piperidine rings is 1. The summed E-state index contributed by atoms with van der Waals surface area (Å²) < 4.78 is 8.70. The number of anilines is 1. The van der Waals surface area contributed by atoms with Crippen molar-refractivity contribution in [3.63, 3.8) is 0 Å². The molecule has 0 N–H and O–H groups in total. The van der Waals surface area contributed by atoms with E-state index in [1.165, 1.54) is 0 Å². The van der Waals surface area contributed by atoms with Crippen LogP contribution in [0.4, 0.5) is 5.69 Å². The van der Waals surface area contributed by atoms with Gasteiger partial charge >= 0.3 is 0 Å². The van der Waals surface area contributed by atoms with Gasteiger partial charge < -0.3 is 14.5 Å². The smallest absolute Gasteiger partial charge is 0.227 e. The molecule has 6 rings (SSSR count). The van der Waals surface area contributed by atoms with Crippen LogP contribution in [0.15, 0.2) is 77.3 Å². The second kappa shape index (κ2) is 11.4. The molecule has 0 spiro atoms. The van der Waals surface area contributed by atoms with Gasteiger partial charge in [-0.05, 0) is 67.9 Å². The Morgan fingerprint density at radius 3 is 2.54 bits per heavy atom. The molecule has 7 nitrogen and oxygen atoms in total. The normalized spacial score (nSPS) is 18.5. The van der Waals surface area contributed by atoms with Gasteiger partial charge in [0.25, 0.3) is 0 Å². The fourth-order valence-corrected chi connectivity index (χ4v) is 6.18. The molecule has 0 radical (unpaired) electrons. The van der Waals surface area contributed by atoms with E-state index in [1.54, 1.807) is 7.11 Å². The quantitative estimate of drug-likeness (QED) is 0.304. The first-order valence-corrected chi connectivity index (χ1v) is 14.5. The zero-order valence-corrected chi connectivity index (χ0v) is 23.9. The largest absolute Gasteiger partial charge is 0.497 e. The number of ether oxygens (including phenoxy) is 1. The summed E-state index contributed by atoms with van der Waals surface area (Å²) in [4.78, 5) is 25.4. The number of carbonyl (C=O) groups excluding carboxylic acids is 1. The molecule has 3 aromatic carbocycles. The Morgan fingerprint density at radius 1 is 0.949 bits per heavy atom. The first kappa shape index (κ1) is 25.9. The van der Waals surface area contributed by atoms with Crippen LogP contribution in [-0.4, -0.2) is 71.6 Å². The van der Waals surface area contributed by atoms with Crippen LogP contribution < -0.4 is 9.64 Å². The topological polar surface area (TPSA) is 53.8 Å². The summed E-state index contributed by atoms with van der Waals surface area (Å²) in [5.74, 6) is 2.21. The van der Waals surface area contributed by atoms with Crippen LogP contribution in [0.5, 0.6) is 5.75 Å². The Hall–Kier alpha value is -3.36. The van der Waals surface area contributed by atoms with E-state index < -0.39 is 0 Å². The molecule has 39 heavy (non-hydrogen) atoms. The molecule has 1 amide bonds. The fraction of sp³-hybridized carbons (Fsp3) is 0.355. The second-order valence-electron chi connectivity index (χ2n) is 10.4. The van der Waals surface area contributed by atoms with Crippen LogP contribution in [-0.2, 0) is 11.3 Å². The van der Waals surface area contributed by atoms with E-state index in [2.05, 4.69) is 89.8 Å². The monoisotopic (exact) mass is 587 g/mol. The molecule has 202 valence electrons. The van der Waals surface area contributed by atoms with Gasteiger partial charge in [0.05, 0.1) is 30.6 Å². The highest BCUT2D eigenvalue weighted by Crippen LogP contribution is 2.27. The van der Waals surface area contributed by atoms with Gasteiger partial charge in [-0.3, -0.25) is 14.3 Å². The number of benzene rings is 3. The fourth-order valence-electron chi connectivity index (χ4n) is 5.91. The van der Waals surface area contributed by atoms with Crippen LogP contribution in [0.3, 0.4) is 0 Å². The third-order valence-corrected chi connectivity index (χ3v) is 8.47. The molecular formula is C31H34BrN5O2. The van der Waals surface area contributed by atoms with Crippen LogP contribution in [0.25, 0.3) is 16.7 Å². The molecule has 2 aliphatic heterocycles. The lowest BCUT2D eigenvalue weighted by atomic mass is 9.96. The van der Waals surface area contributed by atoms with E-state index in [1.807, 2.05) is 18.2 Å². The molecule has 0 unspecified atom stereocenters. The van der Waals surface area contributed by atoms with Gasteiger partial charge in [0.15, 0.2) is 0 Å². The average Bonchev–Trinajstić information content (AvgIpc) is 3.35. The van der Waals surface area contributed by atoms with Crippen molar-refractivity contribution >= 4 is 38.6 Å². The second-order valence-corrected chi connectivity index (χ2v) is 11.3. The van der Waals surface area contributed by atoms with Crippen molar-refractivity contribution in [2.24, 2.45) is 5.92 Å². The van der Waals surface area contributed by atoms with E-state index in [9.17, 15) is 4.79 Å². The van der Waals surface area contributed by atoms with Crippen molar-refractivity contribution in [3.05, 3.63) is 83.1 Å². The number of hydrogen-bond acceptors (Lipinski definition) is 5. The molecule has 2 saturated heterocycles. The standard InChI is InChI=1S/C31H34BrN5O2/c1-39-27-8-4-7-26(20-27)35-16-18-36(19-17-35)31(38)23-6-5-15-34(21-23)22-30-33-28-9-2-3-10-29(28)37(30)25-13-11-24(32)12-14-25/h2-4,7-14,20,23H,5-6,15-19,21-22H2,1H3/t23-/m1/s1. The minimum atomic E-state index is 0.0348. The number of para-hydroxylation sites is 2. The lowest BCUT2D eigenvalue weighted by Gasteiger charge is -2.39. The van der Waals surface area contributed by atoms with Gasteiger partial charge in [0.1, 0.15) is 11.6 Å². The number of rotatable bonds is 6. The Bertz CT molecular complexity index is 1450. The Labute approximate surface area is 238 Å². The lowest BCUT2D eigenvalue weighted by Crippen LogP contribution is -2.52. The average molecular weight is 589 g/mol. The predicted molar refractivity (Wildman–Crippen MR) is 159 cm³/mol. The first-order chi connectivity index (χ1) is 19.1.